The standard InChI is InChI=1S/C12H23ClN2O3/c13-14-9-5-2-6-10-17-12(16)15-18-11-7-3-1-4-8-11/h11,14H,1-10H2,(H,15,16). The van der Waals surface area contributed by atoms with Crippen molar-refractivity contribution in [1.82, 2.24) is 10.3 Å². The van der Waals surface area contributed by atoms with Gasteiger partial charge in [0, 0.05) is 6.54 Å². The zero-order chi connectivity index (χ0) is 13.1. The molecule has 0 radical (unpaired) electrons. The number of amides is 1. The van der Waals surface area contributed by atoms with Gasteiger partial charge in [0.1, 0.15) is 0 Å². The number of carbonyl (C=O) groups excluding carboxylic acids is 1. The number of rotatable bonds is 8. The minimum absolute atomic E-state index is 0.154. The Morgan fingerprint density at radius 1 is 1.17 bits per heavy atom. The van der Waals surface area contributed by atoms with Gasteiger partial charge in [-0.15, -0.1) is 0 Å². The van der Waals surface area contributed by atoms with E-state index in [1.807, 2.05) is 0 Å². The van der Waals surface area contributed by atoms with Crippen molar-refractivity contribution < 1.29 is 14.4 Å². The topological polar surface area (TPSA) is 59.6 Å². The second kappa shape index (κ2) is 10.4. The van der Waals surface area contributed by atoms with Crippen LogP contribution in [0.5, 0.6) is 0 Å². The molecule has 0 bridgehead atoms. The van der Waals surface area contributed by atoms with Gasteiger partial charge in [-0.2, -0.15) is 5.48 Å². The number of hydrogen-bond acceptors (Lipinski definition) is 4. The van der Waals surface area contributed by atoms with Crippen LogP contribution < -0.4 is 10.3 Å². The van der Waals surface area contributed by atoms with E-state index in [0.29, 0.717) is 6.61 Å². The van der Waals surface area contributed by atoms with Crippen molar-refractivity contribution >= 4 is 17.9 Å². The lowest BCUT2D eigenvalue weighted by molar-refractivity contribution is -0.0387. The molecular weight excluding hydrogens is 256 g/mol. The smallest absolute Gasteiger partial charge is 0.431 e. The number of hydrogen-bond donors (Lipinski definition) is 2. The molecule has 0 atom stereocenters. The lowest BCUT2D eigenvalue weighted by atomic mass is 9.98. The molecule has 0 spiro atoms. The Hall–Kier alpha value is -0.520. The molecule has 0 unspecified atom stereocenters. The van der Waals surface area contributed by atoms with Gasteiger partial charge < -0.3 is 4.74 Å². The maximum Gasteiger partial charge on any atom is 0.431 e. The molecule has 0 aromatic rings. The molecule has 106 valence electrons. The number of nitrogens with one attached hydrogen (secondary N) is 2. The van der Waals surface area contributed by atoms with E-state index >= 15 is 0 Å². The predicted molar refractivity (Wildman–Crippen MR) is 70.1 cm³/mol. The number of carbonyl (C=O) groups is 1. The minimum Gasteiger partial charge on any atom is -0.448 e. The van der Waals surface area contributed by atoms with Gasteiger partial charge in [-0.25, -0.2) is 9.63 Å². The molecule has 0 aromatic carbocycles. The molecule has 6 heteroatoms. The van der Waals surface area contributed by atoms with Crippen LogP contribution in [-0.4, -0.2) is 25.3 Å². The van der Waals surface area contributed by atoms with Gasteiger partial charge in [-0.3, -0.25) is 4.84 Å². The molecule has 18 heavy (non-hydrogen) atoms. The average Bonchev–Trinajstić information content (AvgIpc) is 2.41. The summed E-state index contributed by atoms with van der Waals surface area (Å²) < 4.78 is 4.98. The summed E-state index contributed by atoms with van der Waals surface area (Å²) in [4.78, 5) is 19.1. The monoisotopic (exact) mass is 278 g/mol. The Kier molecular flexibility index (Phi) is 8.98. The molecule has 5 nitrogen and oxygen atoms in total. The van der Waals surface area contributed by atoms with Gasteiger partial charge in [0.05, 0.1) is 12.7 Å². The number of unbranched alkanes of at least 4 members (excludes halogenated alkanes) is 2. The number of hydroxylamine groups is 1. The molecule has 0 saturated heterocycles. The van der Waals surface area contributed by atoms with Crippen molar-refractivity contribution in [2.45, 2.75) is 57.5 Å². The molecule has 0 aromatic heterocycles. The highest BCUT2D eigenvalue weighted by Gasteiger charge is 2.15. The Balaban J connectivity index is 1.90. The molecule has 1 aliphatic rings. The number of halogens is 1. The lowest BCUT2D eigenvalue weighted by Crippen LogP contribution is -2.31. The molecular formula is C12H23ClN2O3. The van der Waals surface area contributed by atoms with E-state index in [9.17, 15) is 4.79 Å². The van der Waals surface area contributed by atoms with E-state index < -0.39 is 6.09 Å². The maximum atomic E-state index is 11.3. The van der Waals surface area contributed by atoms with E-state index in [-0.39, 0.29) is 6.10 Å². The lowest BCUT2D eigenvalue weighted by Gasteiger charge is -2.21. The summed E-state index contributed by atoms with van der Waals surface area (Å²) in [6.45, 7) is 1.20. The Morgan fingerprint density at radius 2 is 1.94 bits per heavy atom. The third-order valence-corrected chi connectivity index (χ3v) is 3.20. The highest BCUT2D eigenvalue weighted by atomic mass is 35.5. The van der Waals surface area contributed by atoms with Gasteiger partial charge in [0.15, 0.2) is 0 Å². The fourth-order valence-electron chi connectivity index (χ4n) is 1.98. The van der Waals surface area contributed by atoms with Gasteiger partial charge in [0.25, 0.3) is 0 Å². The fraction of sp³-hybridized carbons (Fsp3) is 0.917. The van der Waals surface area contributed by atoms with Crippen molar-refractivity contribution in [2.24, 2.45) is 0 Å². The summed E-state index contributed by atoms with van der Waals surface area (Å²) in [7, 11) is 0. The van der Waals surface area contributed by atoms with E-state index in [0.717, 1.165) is 38.6 Å². The minimum atomic E-state index is -0.490. The second-order valence-corrected chi connectivity index (χ2v) is 4.83. The summed E-state index contributed by atoms with van der Waals surface area (Å²) in [5.41, 5.74) is 2.36. The van der Waals surface area contributed by atoms with Crippen molar-refractivity contribution in [1.29, 1.82) is 0 Å². The predicted octanol–water partition coefficient (Wildman–Crippen LogP) is 2.89. The molecule has 0 aliphatic heterocycles. The van der Waals surface area contributed by atoms with Crippen LogP contribution in [0.15, 0.2) is 0 Å². The summed E-state index contributed by atoms with van der Waals surface area (Å²) in [6.07, 6.45) is 8.13. The first-order valence-corrected chi connectivity index (χ1v) is 7.12. The van der Waals surface area contributed by atoms with Crippen LogP contribution in [0.3, 0.4) is 0 Å². The Morgan fingerprint density at radius 3 is 2.67 bits per heavy atom. The van der Waals surface area contributed by atoms with Crippen molar-refractivity contribution in [3.8, 4) is 0 Å². The zero-order valence-electron chi connectivity index (χ0n) is 10.8. The van der Waals surface area contributed by atoms with Crippen LogP contribution >= 0.6 is 11.8 Å². The largest absolute Gasteiger partial charge is 0.448 e. The van der Waals surface area contributed by atoms with Gasteiger partial charge in [-0.1, -0.05) is 19.3 Å². The van der Waals surface area contributed by atoms with Crippen LogP contribution in [0.25, 0.3) is 0 Å². The summed E-state index contributed by atoms with van der Waals surface area (Å²) in [5.74, 6) is 0. The maximum absolute atomic E-state index is 11.3. The number of ether oxygens (including phenoxy) is 1. The Bertz CT molecular complexity index is 223. The van der Waals surface area contributed by atoms with Crippen LogP contribution in [-0.2, 0) is 9.57 Å². The summed E-state index contributed by atoms with van der Waals surface area (Å²) >= 11 is 5.32. The highest BCUT2D eigenvalue weighted by Crippen LogP contribution is 2.19. The molecule has 2 N–H and O–H groups in total. The normalized spacial score (nSPS) is 16.5. The highest BCUT2D eigenvalue weighted by molar-refractivity contribution is 6.13. The van der Waals surface area contributed by atoms with Crippen LogP contribution in [0.1, 0.15) is 51.4 Å². The first-order valence-electron chi connectivity index (χ1n) is 6.75. The van der Waals surface area contributed by atoms with Gasteiger partial charge in [0.2, 0.25) is 0 Å². The van der Waals surface area contributed by atoms with Crippen LogP contribution in [0.4, 0.5) is 4.79 Å². The SMILES string of the molecule is O=C(NOC1CCCCC1)OCCCCCNCl. The van der Waals surface area contributed by atoms with Crippen molar-refractivity contribution in [2.75, 3.05) is 13.2 Å². The van der Waals surface area contributed by atoms with E-state index in [1.54, 1.807) is 0 Å². The van der Waals surface area contributed by atoms with Crippen LogP contribution in [0, 0.1) is 0 Å². The van der Waals surface area contributed by atoms with Crippen LogP contribution in [0.2, 0.25) is 0 Å². The Labute approximate surface area is 114 Å². The van der Waals surface area contributed by atoms with Crippen molar-refractivity contribution in [3.63, 3.8) is 0 Å². The second-order valence-electron chi connectivity index (χ2n) is 4.56. The zero-order valence-corrected chi connectivity index (χ0v) is 11.5. The first kappa shape index (κ1) is 15.5. The van der Waals surface area contributed by atoms with Gasteiger partial charge >= 0.3 is 6.09 Å². The first-order chi connectivity index (χ1) is 8.83. The average molecular weight is 279 g/mol. The summed E-state index contributed by atoms with van der Waals surface area (Å²) in [6, 6.07) is 0. The van der Waals surface area contributed by atoms with E-state index in [1.165, 1.54) is 19.3 Å². The molecule has 1 amide bonds. The third-order valence-electron chi connectivity index (χ3n) is 3.01. The molecule has 1 aliphatic carbocycles. The van der Waals surface area contributed by atoms with E-state index in [2.05, 4.69) is 10.3 Å². The molecule has 1 saturated carbocycles. The fourth-order valence-corrected chi connectivity index (χ4v) is 2.11. The quantitative estimate of drug-likeness (QED) is 0.407. The molecule has 0 heterocycles. The molecule has 1 rings (SSSR count). The van der Waals surface area contributed by atoms with E-state index in [4.69, 9.17) is 21.4 Å². The van der Waals surface area contributed by atoms with Gasteiger partial charge in [-0.05, 0) is 43.9 Å². The summed E-state index contributed by atoms with van der Waals surface area (Å²) in [5, 5.41) is 0. The molecule has 1 fully saturated rings. The third kappa shape index (κ3) is 7.74. The van der Waals surface area contributed by atoms with Crippen molar-refractivity contribution in [3.05, 3.63) is 0 Å².